The zero-order chi connectivity index (χ0) is 17.1. The van der Waals surface area contributed by atoms with Gasteiger partial charge in [0.15, 0.2) is 0 Å². The van der Waals surface area contributed by atoms with E-state index in [4.69, 9.17) is 14.0 Å². The molecule has 1 rings (SSSR count). The molecule has 0 radical (unpaired) electrons. The van der Waals surface area contributed by atoms with Crippen molar-refractivity contribution >= 4 is 40.9 Å². The van der Waals surface area contributed by atoms with Crippen LogP contribution in [0.5, 0.6) is 0 Å². The molecule has 0 heterocycles. The molecule has 124 valence electrons. The monoisotopic (exact) mass is 338 g/mol. The Morgan fingerprint density at radius 2 is 1.26 bits per heavy atom. The van der Waals surface area contributed by atoms with E-state index >= 15 is 0 Å². The molecule has 1 aromatic rings. The molecule has 0 unspecified atom stereocenters. The summed E-state index contributed by atoms with van der Waals surface area (Å²) in [6.07, 6.45) is -0.846. The summed E-state index contributed by atoms with van der Waals surface area (Å²) in [5.41, 5.74) is -0.334. The van der Waals surface area contributed by atoms with Gasteiger partial charge in [-0.3, -0.25) is 4.55 Å². The fraction of sp³-hybridized carbons (Fsp3) is 0.429. The number of carbonyl (C=O) groups is 2. The van der Waals surface area contributed by atoms with E-state index in [0.717, 1.165) is 18.2 Å². The summed E-state index contributed by atoms with van der Waals surface area (Å²) >= 11 is 0. The van der Waals surface area contributed by atoms with Gasteiger partial charge in [-0.15, -0.1) is 0 Å². The summed E-state index contributed by atoms with van der Waals surface area (Å²) in [6.45, 7) is 6.49. The number of rotatable bonds is 5. The summed E-state index contributed by atoms with van der Waals surface area (Å²) in [4.78, 5) is 23.2. The molecule has 0 aliphatic rings. The maximum atomic E-state index is 11.9. The predicted octanol–water partition coefficient (Wildman–Crippen LogP) is 1.42. The average molecular weight is 338 g/mol. The third-order valence-corrected chi connectivity index (χ3v) is 3.19. The van der Waals surface area contributed by atoms with Crippen LogP contribution in [0.25, 0.3) is 0 Å². The molecule has 0 amide bonds. The first-order chi connectivity index (χ1) is 10.0. The molecule has 0 saturated carbocycles. The van der Waals surface area contributed by atoms with Gasteiger partial charge in [-0.25, -0.2) is 9.59 Å². The Morgan fingerprint density at radius 1 is 0.913 bits per heavy atom. The minimum absolute atomic E-state index is 0. The van der Waals surface area contributed by atoms with Crippen LogP contribution in [0.15, 0.2) is 23.1 Å². The first-order valence-electron chi connectivity index (χ1n) is 6.55. The Kier molecular flexibility index (Phi) is 8.01. The molecule has 0 aliphatic carbocycles. The van der Waals surface area contributed by atoms with Crippen molar-refractivity contribution in [1.82, 2.24) is 0 Å². The molecule has 23 heavy (non-hydrogen) atoms. The van der Waals surface area contributed by atoms with Crippen LogP contribution in [-0.4, -0.2) is 56.0 Å². The van der Waals surface area contributed by atoms with Gasteiger partial charge in [0.05, 0.1) is 28.2 Å². The summed E-state index contributed by atoms with van der Waals surface area (Å²) in [5.74, 6) is -1.61. The number of esters is 2. The van der Waals surface area contributed by atoms with Gasteiger partial charge < -0.3 is 9.47 Å². The van der Waals surface area contributed by atoms with Gasteiger partial charge >= 0.3 is 30.8 Å². The zero-order valence-corrected chi connectivity index (χ0v) is 13.5. The molecule has 0 aromatic heterocycles. The molecule has 1 N–H and O–H groups in total. The number of benzene rings is 1. The van der Waals surface area contributed by atoms with Crippen LogP contribution in [0.4, 0.5) is 0 Å². The van der Waals surface area contributed by atoms with Crippen LogP contribution in [0.3, 0.4) is 0 Å². The van der Waals surface area contributed by atoms with Crippen molar-refractivity contribution in [1.29, 1.82) is 0 Å². The zero-order valence-electron chi connectivity index (χ0n) is 12.7. The molecule has 0 aliphatic heterocycles. The molecular weight excluding hydrogens is 319 g/mol. The van der Waals surface area contributed by atoms with Gasteiger partial charge in [0.25, 0.3) is 10.1 Å². The number of hydrogen-bond acceptors (Lipinski definition) is 6. The van der Waals surface area contributed by atoms with E-state index in [0.29, 0.717) is 0 Å². The first kappa shape index (κ1) is 21.7. The second-order valence-electron chi connectivity index (χ2n) is 5.13. The van der Waals surface area contributed by atoms with E-state index in [-0.39, 0.29) is 30.0 Å². The SMILES string of the molecule is CC(C)OC(=O)c1cc(C(=O)OC(C)C)cc(S(=O)(=O)O)c1.[LiH]. The molecule has 0 atom stereocenters. The fourth-order valence-electron chi connectivity index (χ4n) is 1.55. The molecule has 1 aromatic carbocycles. The van der Waals surface area contributed by atoms with Gasteiger partial charge in [0.2, 0.25) is 0 Å². The van der Waals surface area contributed by atoms with Gasteiger partial charge in [0, 0.05) is 0 Å². The van der Waals surface area contributed by atoms with Crippen LogP contribution in [0.2, 0.25) is 0 Å². The van der Waals surface area contributed by atoms with Crippen molar-refractivity contribution in [3.05, 3.63) is 29.3 Å². The first-order valence-corrected chi connectivity index (χ1v) is 7.99. The maximum absolute atomic E-state index is 11.9. The van der Waals surface area contributed by atoms with Crippen molar-refractivity contribution in [2.75, 3.05) is 0 Å². The Balaban J connectivity index is 0.00000484. The predicted molar refractivity (Wildman–Crippen MR) is 84.5 cm³/mol. The molecule has 0 bridgehead atoms. The van der Waals surface area contributed by atoms with Gasteiger partial charge in [-0.05, 0) is 45.9 Å². The Bertz CT molecular complexity index is 640. The second-order valence-corrected chi connectivity index (χ2v) is 6.55. The Hall–Kier alpha value is -1.33. The number of ether oxygens (including phenoxy) is 2. The number of carbonyl (C=O) groups excluding carboxylic acids is 2. The number of hydrogen-bond donors (Lipinski definition) is 1. The summed E-state index contributed by atoms with van der Waals surface area (Å²) in [5, 5.41) is 0. The van der Waals surface area contributed by atoms with E-state index in [1.165, 1.54) is 0 Å². The molecule has 0 spiro atoms. The Labute approximate surface area is 147 Å². The third-order valence-electron chi connectivity index (χ3n) is 2.36. The van der Waals surface area contributed by atoms with Crippen LogP contribution >= 0.6 is 0 Å². The molecule has 7 nitrogen and oxygen atoms in total. The van der Waals surface area contributed by atoms with Gasteiger partial charge in [-0.2, -0.15) is 8.42 Å². The van der Waals surface area contributed by atoms with E-state index in [1.54, 1.807) is 27.7 Å². The fourth-order valence-corrected chi connectivity index (χ4v) is 2.10. The van der Waals surface area contributed by atoms with Crippen molar-refractivity contribution < 1.29 is 32.0 Å². The quantitative estimate of drug-likeness (QED) is 0.491. The topological polar surface area (TPSA) is 107 Å². The average Bonchev–Trinajstić information content (AvgIpc) is 2.35. The van der Waals surface area contributed by atoms with E-state index < -0.39 is 39.2 Å². The van der Waals surface area contributed by atoms with Crippen molar-refractivity contribution in [3.8, 4) is 0 Å². The standard InChI is InChI=1S/C14H18O7S.Li.H/c1-8(2)20-13(15)10-5-11(14(16)21-9(3)4)7-12(6-10)22(17,18)19;;/h5-9H,1-4H3,(H,17,18,19);;. The van der Waals surface area contributed by atoms with Crippen LogP contribution in [0.1, 0.15) is 48.4 Å². The van der Waals surface area contributed by atoms with Crippen LogP contribution < -0.4 is 0 Å². The minimum atomic E-state index is -4.59. The van der Waals surface area contributed by atoms with Crippen molar-refractivity contribution in [2.45, 2.75) is 44.8 Å². The summed E-state index contributed by atoms with van der Waals surface area (Å²) in [6, 6.07) is 3.03. The van der Waals surface area contributed by atoms with Gasteiger partial charge in [-0.1, -0.05) is 0 Å². The molecule has 0 saturated heterocycles. The summed E-state index contributed by atoms with van der Waals surface area (Å²) < 4.78 is 41.6. The molecule has 0 fully saturated rings. The second kappa shape index (κ2) is 8.50. The summed E-state index contributed by atoms with van der Waals surface area (Å²) in [7, 11) is -4.59. The van der Waals surface area contributed by atoms with E-state index in [9.17, 15) is 18.0 Å². The Morgan fingerprint density at radius 3 is 1.52 bits per heavy atom. The van der Waals surface area contributed by atoms with E-state index in [1.807, 2.05) is 0 Å². The molecule has 9 heteroatoms. The third kappa shape index (κ3) is 6.75. The molecular formula is C14H19LiO7S. The van der Waals surface area contributed by atoms with Crippen LogP contribution in [0, 0.1) is 0 Å². The van der Waals surface area contributed by atoms with Crippen molar-refractivity contribution in [3.63, 3.8) is 0 Å². The van der Waals surface area contributed by atoms with Crippen LogP contribution in [-0.2, 0) is 19.6 Å². The van der Waals surface area contributed by atoms with Gasteiger partial charge in [0.1, 0.15) is 0 Å². The van der Waals surface area contributed by atoms with E-state index in [2.05, 4.69) is 0 Å². The van der Waals surface area contributed by atoms with Crippen molar-refractivity contribution in [2.24, 2.45) is 0 Å². The normalized spacial score (nSPS) is 11.1.